The number of hydrogen-bond acceptors (Lipinski definition) is 2. The molecule has 0 amide bonds. The Morgan fingerprint density at radius 1 is 0.773 bits per heavy atom. The molecule has 0 unspecified atom stereocenters. The van der Waals surface area contributed by atoms with Crippen LogP contribution in [0.25, 0.3) is 0 Å². The Morgan fingerprint density at radius 2 is 1.23 bits per heavy atom. The van der Waals surface area contributed by atoms with Crippen molar-refractivity contribution in [2.75, 3.05) is 13.2 Å². The van der Waals surface area contributed by atoms with E-state index in [9.17, 15) is 0 Å². The van der Waals surface area contributed by atoms with Crippen LogP contribution in [0.15, 0.2) is 37.4 Å². The summed E-state index contributed by atoms with van der Waals surface area (Å²) in [6, 6.07) is 0. The first-order valence-electron chi connectivity index (χ1n) is 8.07. The predicted octanol–water partition coefficient (Wildman–Crippen LogP) is 1.33. The molecule has 0 aliphatic carbocycles. The van der Waals surface area contributed by atoms with Gasteiger partial charge in [0, 0.05) is 0 Å². The van der Waals surface area contributed by atoms with Crippen molar-refractivity contribution in [1.29, 1.82) is 0 Å². The molecule has 0 N–H and O–H groups in total. The highest BCUT2D eigenvalue weighted by atomic mass is 16.5. The average molecular weight is 308 g/mol. The van der Waals surface area contributed by atoms with Crippen LogP contribution in [0, 0.1) is 0 Å². The van der Waals surface area contributed by atoms with Crippen molar-refractivity contribution in [2.45, 2.75) is 53.2 Å². The van der Waals surface area contributed by atoms with Gasteiger partial charge in [-0.15, -0.1) is 0 Å². The summed E-state index contributed by atoms with van der Waals surface area (Å²) in [7, 11) is 0. The number of imidazole rings is 2. The summed E-state index contributed by atoms with van der Waals surface area (Å²) < 4.78 is 19.6. The second-order valence-corrected chi connectivity index (χ2v) is 5.41. The minimum atomic E-state index is 0.570. The van der Waals surface area contributed by atoms with Crippen LogP contribution in [0.1, 0.15) is 26.7 Å². The van der Waals surface area contributed by atoms with Gasteiger partial charge in [0.15, 0.2) is 13.5 Å². The van der Waals surface area contributed by atoms with Crippen molar-refractivity contribution in [1.82, 2.24) is 9.13 Å². The maximum Gasteiger partial charge on any atom is 0.245 e. The lowest BCUT2D eigenvalue weighted by atomic mass is 10.5. The van der Waals surface area contributed by atoms with Gasteiger partial charge in [-0.05, 0) is 12.8 Å². The van der Waals surface area contributed by atoms with Crippen molar-refractivity contribution in [3.63, 3.8) is 0 Å². The molecule has 6 heteroatoms. The fourth-order valence-corrected chi connectivity index (χ4v) is 2.27. The van der Waals surface area contributed by atoms with Crippen molar-refractivity contribution in [3.05, 3.63) is 37.4 Å². The molecule has 6 nitrogen and oxygen atoms in total. The van der Waals surface area contributed by atoms with E-state index < -0.39 is 0 Å². The van der Waals surface area contributed by atoms with Crippen LogP contribution < -0.4 is 9.13 Å². The molecule has 0 aliphatic rings. The topological polar surface area (TPSA) is 36.1 Å². The Balaban J connectivity index is 1.54. The number of hydrogen-bond donors (Lipinski definition) is 0. The molecular formula is C16H28N4O2+2. The van der Waals surface area contributed by atoms with Gasteiger partial charge >= 0.3 is 0 Å². The summed E-state index contributed by atoms with van der Waals surface area (Å²) in [5.41, 5.74) is 0. The van der Waals surface area contributed by atoms with Crippen molar-refractivity contribution >= 4 is 0 Å². The lowest BCUT2D eigenvalue weighted by Crippen LogP contribution is -2.35. The molecule has 2 heterocycles. The Labute approximate surface area is 132 Å². The zero-order valence-electron chi connectivity index (χ0n) is 13.7. The van der Waals surface area contributed by atoms with Gasteiger partial charge in [-0.25, -0.2) is 18.3 Å². The molecule has 0 spiro atoms. The molecule has 0 radical (unpaired) electrons. The van der Waals surface area contributed by atoms with E-state index in [2.05, 4.69) is 48.0 Å². The fraction of sp³-hybridized carbons (Fsp3) is 0.625. The predicted molar refractivity (Wildman–Crippen MR) is 81.7 cm³/mol. The average Bonchev–Trinajstić information content (AvgIpc) is 3.13. The maximum absolute atomic E-state index is 5.60. The zero-order valence-corrected chi connectivity index (χ0v) is 13.7. The molecule has 0 saturated carbocycles. The first-order chi connectivity index (χ1) is 10.8. The molecule has 2 rings (SSSR count). The molecule has 0 fully saturated rings. The molecule has 0 bridgehead atoms. The van der Waals surface area contributed by atoms with Gasteiger partial charge in [-0.2, -0.15) is 0 Å². The number of rotatable bonds is 11. The summed E-state index contributed by atoms with van der Waals surface area (Å²) >= 11 is 0. The Kier molecular flexibility index (Phi) is 7.12. The lowest BCUT2D eigenvalue weighted by Gasteiger charge is -2.02. The van der Waals surface area contributed by atoms with Crippen LogP contribution in [-0.2, 0) is 36.0 Å². The van der Waals surface area contributed by atoms with E-state index in [4.69, 9.17) is 9.47 Å². The third-order valence-electron chi connectivity index (χ3n) is 3.31. The Hall–Kier alpha value is -1.66. The molecule has 0 atom stereocenters. The van der Waals surface area contributed by atoms with E-state index in [1.807, 2.05) is 21.5 Å². The minimum absolute atomic E-state index is 0.570. The third-order valence-corrected chi connectivity index (χ3v) is 3.31. The normalized spacial score (nSPS) is 11.2. The van der Waals surface area contributed by atoms with Crippen LogP contribution in [-0.4, -0.2) is 22.3 Å². The van der Waals surface area contributed by atoms with E-state index in [-0.39, 0.29) is 0 Å². The third kappa shape index (κ3) is 5.61. The molecule has 0 aliphatic heterocycles. The highest BCUT2D eigenvalue weighted by Gasteiger charge is 2.04. The van der Waals surface area contributed by atoms with Gasteiger partial charge in [-0.3, -0.25) is 0 Å². The van der Waals surface area contributed by atoms with Crippen LogP contribution in [0.5, 0.6) is 0 Å². The monoisotopic (exact) mass is 308 g/mol. The lowest BCUT2D eigenvalue weighted by molar-refractivity contribution is -0.737. The molecular weight excluding hydrogens is 280 g/mol. The fourth-order valence-electron chi connectivity index (χ4n) is 2.27. The molecule has 122 valence electrons. The van der Waals surface area contributed by atoms with Crippen molar-refractivity contribution in [3.8, 4) is 0 Å². The second kappa shape index (κ2) is 9.38. The Morgan fingerprint density at radius 3 is 1.64 bits per heavy atom. The van der Waals surface area contributed by atoms with E-state index in [0.717, 1.165) is 25.9 Å². The highest BCUT2D eigenvalue weighted by molar-refractivity contribution is 4.65. The smallest absolute Gasteiger partial charge is 0.245 e. The first-order valence-corrected chi connectivity index (χ1v) is 8.07. The summed E-state index contributed by atoms with van der Waals surface area (Å²) in [5, 5.41) is 0. The van der Waals surface area contributed by atoms with E-state index >= 15 is 0 Å². The largest absolute Gasteiger partial charge is 0.339 e. The van der Waals surface area contributed by atoms with Gasteiger partial charge in [0.25, 0.3) is 0 Å². The quantitative estimate of drug-likeness (QED) is 0.464. The minimum Gasteiger partial charge on any atom is -0.339 e. The summed E-state index contributed by atoms with van der Waals surface area (Å²) in [5.74, 6) is 0. The van der Waals surface area contributed by atoms with Crippen LogP contribution in [0.3, 0.4) is 0 Å². The number of aromatic nitrogens is 4. The maximum atomic E-state index is 5.60. The molecule has 2 aromatic rings. The molecule has 0 aromatic carbocycles. The number of aryl methyl sites for hydroxylation is 2. The van der Waals surface area contributed by atoms with Gasteiger partial charge in [-0.1, -0.05) is 13.8 Å². The van der Waals surface area contributed by atoms with E-state index in [1.54, 1.807) is 0 Å². The SMILES string of the molecule is CCCn1cc[n+](COCCOC[n+]2ccn(CCC)c2)c1. The van der Waals surface area contributed by atoms with E-state index in [0.29, 0.717) is 26.7 Å². The number of ether oxygens (including phenoxy) is 2. The second-order valence-electron chi connectivity index (χ2n) is 5.41. The van der Waals surface area contributed by atoms with Crippen molar-refractivity contribution in [2.24, 2.45) is 0 Å². The van der Waals surface area contributed by atoms with Crippen LogP contribution >= 0.6 is 0 Å². The summed E-state index contributed by atoms with van der Waals surface area (Å²) in [6.07, 6.45) is 14.6. The van der Waals surface area contributed by atoms with Gasteiger partial charge < -0.3 is 9.47 Å². The van der Waals surface area contributed by atoms with Crippen molar-refractivity contribution < 1.29 is 18.6 Å². The number of nitrogens with zero attached hydrogens (tertiary/aromatic N) is 4. The van der Waals surface area contributed by atoms with Gasteiger partial charge in [0.05, 0.1) is 26.3 Å². The molecule has 2 aromatic heterocycles. The van der Waals surface area contributed by atoms with Crippen LogP contribution in [0.4, 0.5) is 0 Å². The van der Waals surface area contributed by atoms with E-state index in [1.165, 1.54) is 0 Å². The zero-order chi connectivity index (χ0) is 15.6. The summed E-state index contributed by atoms with van der Waals surface area (Å²) in [4.78, 5) is 0. The standard InChI is InChI=1S/C16H28N4O2/c1-3-5-17-7-9-19(13-17)15-21-11-12-22-16-20-10-8-18(14-20)6-4-2/h7-10,13-14H,3-6,11-12,15-16H2,1-2H3/q+2. The molecule has 0 saturated heterocycles. The van der Waals surface area contributed by atoms with Gasteiger partial charge in [0.2, 0.25) is 12.7 Å². The van der Waals surface area contributed by atoms with Gasteiger partial charge in [0.1, 0.15) is 24.8 Å². The Bertz CT molecular complexity index is 487. The summed E-state index contributed by atoms with van der Waals surface area (Å²) in [6.45, 7) is 8.78. The van der Waals surface area contributed by atoms with Crippen LogP contribution in [0.2, 0.25) is 0 Å². The first kappa shape index (κ1) is 16.7. The molecule has 22 heavy (non-hydrogen) atoms. The highest BCUT2D eigenvalue weighted by Crippen LogP contribution is 1.89.